The van der Waals surface area contributed by atoms with Crippen LogP contribution in [0.2, 0.25) is 0 Å². The van der Waals surface area contributed by atoms with Crippen molar-refractivity contribution in [2.75, 3.05) is 26.4 Å². The van der Waals surface area contributed by atoms with E-state index in [1.165, 1.54) is 0 Å². The molecular formula is C38H42F4O8. The number of unbranched alkanes of at least 4 members (excludes halogenated alkanes) is 6. The lowest BCUT2D eigenvalue weighted by atomic mass is 10.0. The molecule has 12 heteroatoms. The van der Waals surface area contributed by atoms with Crippen molar-refractivity contribution < 1.29 is 55.6 Å². The Labute approximate surface area is 288 Å². The van der Waals surface area contributed by atoms with Gasteiger partial charge in [-0.25, -0.2) is 27.2 Å². The highest BCUT2D eigenvalue weighted by molar-refractivity contribution is 5.91. The number of rotatable bonds is 17. The molecule has 0 unspecified atom stereocenters. The molecule has 0 N–H and O–H groups in total. The lowest BCUT2D eigenvalue weighted by molar-refractivity contribution is -0.0293. The summed E-state index contributed by atoms with van der Waals surface area (Å²) in [6, 6.07) is 10.7. The predicted octanol–water partition coefficient (Wildman–Crippen LogP) is 8.38. The molecule has 2 heterocycles. The molecule has 0 aromatic heterocycles. The molecule has 0 saturated carbocycles. The summed E-state index contributed by atoms with van der Waals surface area (Å²) in [5, 5.41) is 0. The molecule has 2 aliphatic heterocycles. The normalized spacial score (nSPS) is 19.6. The second-order valence-electron chi connectivity index (χ2n) is 12.4. The molecule has 2 aliphatic rings. The van der Waals surface area contributed by atoms with Crippen molar-refractivity contribution in [1.82, 2.24) is 0 Å². The molecule has 270 valence electrons. The Morgan fingerprint density at radius 2 is 1.04 bits per heavy atom. The number of fused-ring (bicyclic) bond motifs is 1. The van der Waals surface area contributed by atoms with E-state index in [0.29, 0.717) is 17.9 Å². The summed E-state index contributed by atoms with van der Waals surface area (Å²) in [6.45, 7) is 4.60. The van der Waals surface area contributed by atoms with Crippen LogP contribution in [0.4, 0.5) is 17.6 Å². The van der Waals surface area contributed by atoms with Crippen LogP contribution < -0.4 is 9.47 Å². The van der Waals surface area contributed by atoms with E-state index in [9.17, 15) is 18.4 Å². The van der Waals surface area contributed by atoms with Crippen molar-refractivity contribution in [3.05, 3.63) is 82.9 Å². The number of esters is 2. The van der Waals surface area contributed by atoms with Crippen LogP contribution in [0.5, 0.6) is 11.5 Å². The number of halogens is 4. The molecule has 50 heavy (non-hydrogen) atoms. The first-order valence-corrected chi connectivity index (χ1v) is 17.2. The van der Waals surface area contributed by atoms with Crippen molar-refractivity contribution in [3.8, 4) is 22.6 Å². The van der Waals surface area contributed by atoms with Crippen LogP contribution in [-0.4, -0.2) is 62.8 Å². The zero-order valence-corrected chi connectivity index (χ0v) is 28.2. The molecule has 0 aliphatic carbocycles. The number of benzene rings is 3. The van der Waals surface area contributed by atoms with Gasteiger partial charge in [0.05, 0.1) is 26.4 Å². The first-order valence-electron chi connectivity index (χ1n) is 17.2. The molecule has 3 aromatic rings. The van der Waals surface area contributed by atoms with Gasteiger partial charge in [0.25, 0.3) is 0 Å². The van der Waals surface area contributed by atoms with Crippen LogP contribution in [0.25, 0.3) is 11.1 Å². The average molecular weight is 703 g/mol. The fourth-order valence-corrected chi connectivity index (χ4v) is 5.97. The minimum Gasteiger partial charge on any atom is -0.494 e. The van der Waals surface area contributed by atoms with Crippen molar-refractivity contribution in [2.24, 2.45) is 0 Å². The van der Waals surface area contributed by atoms with Crippen LogP contribution >= 0.6 is 0 Å². The zero-order chi connectivity index (χ0) is 35.6. The van der Waals surface area contributed by atoms with Gasteiger partial charge in [-0.15, -0.1) is 0 Å². The molecule has 0 spiro atoms. The van der Waals surface area contributed by atoms with E-state index in [4.69, 9.17) is 28.4 Å². The van der Waals surface area contributed by atoms with E-state index >= 15 is 8.78 Å². The Balaban J connectivity index is 1.15. The summed E-state index contributed by atoms with van der Waals surface area (Å²) < 4.78 is 92.9. The Morgan fingerprint density at radius 3 is 1.50 bits per heavy atom. The maximum atomic E-state index is 15.1. The molecule has 8 nitrogen and oxygen atoms in total. The zero-order valence-electron chi connectivity index (χ0n) is 28.2. The topological polar surface area (TPSA) is 89.5 Å². The summed E-state index contributed by atoms with van der Waals surface area (Å²) >= 11 is 0. The molecular weight excluding hydrogens is 660 g/mol. The lowest BCUT2D eigenvalue weighted by Crippen LogP contribution is -2.36. The molecule has 2 fully saturated rings. The highest BCUT2D eigenvalue weighted by Gasteiger charge is 2.51. The van der Waals surface area contributed by atoms with Crippen LogP contribution in [0.15, 0.2) is 48.5 Å². The Hall–Kier alpha value is -4.16. The van der Waals surface area contributed by atoms with Crippen LogP contribution in [-0.2, 0) is 18.9 Å². The fraction of sp³-hybridized carbons (Fsp3) is 0.474. The van der Waals surface area contributed by atoms with Gasteiger partial charge in [0, 0.05) is 12.1 Å². The number of carbonyl (C=O) groups excluding carboxylic acids is 2. The third-order valence-corrected chi connectivity index (χ3v) is 8.67. The minimum atomic E-state index is -1.28. The monoisotopic (exact) mass is 702 g/mol. The highest BCUT2D eigenvalue weighted by Crippen LogP contribution is 2.33. The number of carbonyl (C=O) groups is 2. The summed E-state index contributed by atoms with van der Waals surface area (Å²) in [5.74, 6) is -6.49. The maximum absolute atomic E-state index is 15.1. The van der Waals surface area contributed by atoms with Gasteiger partial charge < -0.3 is 28.4 Å². The molecule has 0 bridgehead atoms. The van der Waals surface area contributed by atoms with Crippen molar-refractivity contribution in [3.63, 3.8) is 0 Å². The first kappa shape index (κ1) is 37.1. The maximum Gasteiger partial charge on any atom is 0.344 e. The third-order valence-electron chi connectivity index (χ3n) is 8.67. The van der Waals surface area contributed by atoms with Crippen LogP contribution in [0.1, 0.15) is 85.9 Å². The lowest BCUT2D eigenvalue weighted by Gasteiger charge is -2.18. The van der Waals surface area contributed by atoms with Crippen molar-refractivity contribution in [1.29, 1.82) is 0 Å². The van der Waals surface area contributed by atoms with Gasteiger partial charge in [0.1, 0.15) is 58.1 Å². The van der Waals surface area contributed by atoms with E-state index < -0.39 is 70.8 Å². The Morgan fingerprint density at radius 1 is 0.600 bits per heavy atom. The highest BCUT2D eigenvalue weighted by atomic mass is 19.1. The summed E-state index contributed by atoms with van der Waals surface area (Å²) in [4.78, 5) is 25.7. The first-order chi connectivity index (χ1) is 24.2. The van der Waals surface area contributed by atoms with E-state index in [1.54, 1.807) is 24.3 Å². The molecule has 2 saturated heterocycles. The number of hydrogen-bond donors (Lipinski definition) is 0. The molecule has 0 amide bonds. The van der Waals surface area contributed by atoms with Gasteiger partial charge in [-0.05, 0) is 48.2 Å². The van der Waals surface area contributed by atoms with E-state index in [-0.39, 0.29) is 31.1 Å². The largest absolute Gasteiger partial charge is 0.494 e. The van der Waals surface area contributed by atoms with Crippen LogP contribution in [0.3, 0.4) is 0 Å². The Bertz CT molecular complexity index is 1570. The molecule has 0 radical (unpaired) electrons. The summed E-state index contributed by atoms with van der Waals surface area (Å²) in [6.07, 6.45) is 3.91. The fourth-order valence-electron chi connectivity index (χ4n) is 5.97. The standard InChI is InChI=1S/C38H42F4O8/c1-3-5-7-9-15-45-25-13-11-23(12-14-25)24-17-27(39)33(28(40)18-24)37(43)49-31-21-47-36-32(22-48-35(31)36)50-38(44)34-29(41)19-26(20-30(34)42)46-16-10-8-6-4-2/h11-14,17-20,31-32,35-36H,3-10,15-16,21-22H2,1-2H3/t31-,32+,35+,36+/m1/s1. The SMILES string of the molecule is CCCCCCOc1ccc(-c2cc(F)c(C(=O)O[C@@H]3CO[C@@H]4[C@H]3OC[C@@H]4OC(=O)c3c(F)cc(OCCCCCC)cc3F)c(F)c2)cc1. The second kappa shape index (κ2) is 17.7. The van der Waals surface area contributed by atoms with Crippen molar-refractivity contribution in [2.45, 2.75) is 89.6 Å². The van der Waals surface area contributed by atoms with Crippen molar-refractivity contribution >= 4 is 11.9 Å². The molecule has 3 aromatic carbocycles. The van der Waals surface area contributed by atoms with Gasteiger partial charge in [-0.1, -0.05) is 64.5 Å². The van der Waals surface area contributed by atoms with Gasteiger partial charge >= 0.3 is 11.9 Å². The van der Waals surface area contributed by atoms with Crippen LogP contribution in [0, 0.1) is 23.3 Å². The van der Waals surface area contributed by atoms with Gasteiger partial charge in [-0.2, -0.15) is 0 Å². The van der Waals surface area contributed by atoms with E-state index in [1.807, 2.05) is 0 Å². The number of hydrogen-bond acceptors (Lipinski definition) is 8. The Kier molecular flexibility index (Phi) is 13.1. The average Bonchev–Trinajstić information content (AvgIpc) is 3.67. The summed E-state index contributed by atoms with van der Waals surface area (Å²) in [7, 11) is 0. The molecule has 4 atom stereocenters. The molecule has 5 rings (SSSR count). The quantitative estimate of drug-likeness (QED) is 0.0788. The summed E-state index contributed by atoms with van der Waals surface area (Å²) in [5.41, 5.74) is -1.04. The van der Waals surface area contributed by atoms with Gasteiger partial charge in [-0.3, -0.25) is 0 Å². The smallest absolute Gasteiger partial charge is 0.344 e. The van der Waals surface area contributed by atoms with E-state index in [2.05, 4.69) is 13.8 Å². The van der Waals surface area contributed by atoms with Gasteiger partial charge in [0.2, 0.25) is 0 Å². The second-order valence-corrected chi connectivity index (χ2v) is 12.4. The minimum absolute atomic E-state index is 0.0452. The van der Waals surface area contributed by atoms with E-state index in [0.717, 1.165) is 75.6 Å². The van der Waals surface area contributed by atoms with Gasteiger partial charge in [0.15, 0.2) is 12.2 Å². The number of ether oxygens (including phenoxy) is 6. The third kappa shape index (κ3) is 9.14. The predicted molar refractivity (Wildman–Crippen MR) is 175 cm³/mol.